The number of aromatic nitrogens is 1. The molecule has 1 amide bonds. The molecule has 3 nitrogen and oxygen atoms in total. The summed E-state index contributed by atoms with van der Waals surface area (Å²) in [7, 11) is 0. The quantitative estimate of drug-likeness (QED) is 0.822. The van der Waals surface area contributed by atoms with Gasteiger partial charge in [-0.1, -0.05) is 43.7 Å². The monoisotopic (exact) mass is 296 g/mol. The molecule has 1 aromatic heterocycles. The number of amides is 1. The van der Waals surface area contributed by atoms with Crippen LogP contribution in [0.15, 0.2) is 42.0 Å². The third-order valence-electron chi connectivity index (χ3n) is 4.74. The van der Waals surface area contributed by atoms with E-state index in [4.69, 9.17) is 0 Å². The number of carbonyl (C=O) groups is 1. The molecule has 3 heteroatoms. The molecule has 116 valence electrons. The maximum atomic E-state index is 12.4. The predicted molar refractivity (Wildman–Crippen MR) is 90.3 cm³/mol. The summed E-state index contributed by atoms with van der Waals surface area (Å²) in [6.07, 6.45) is 2.23. The van der Waals surface area contributed by atoms with E-state index in [9.17, 15) is 4.79 Å². The molecule has 1 aliphatic carbocycles. The summed E-state index contributed by atoms with van der Waals surface area (Å²) in [5.41, 5.74) is 3.51. The van der Waals surface area contributed by atoms with Gasteiger partial charge in [-0.15, -0.1) is 0 Å². The third kappa shape index (κ3) is 2.68. The molecule has 1 aromatic carbocycles. The summed E-state index contributed by atoms with van der Waals surface area (Å²) in [5.74, 6) is 0.609. The fourth-order valence-corrected chi connectivity index (χ4v) is 3.37. The van der Waals surface area contributed by atoms with Crippen LogP contribution in [-0.2, 0) is 11.3 Å². The van der Waals surface area contributed by atoms with Crippen molar-refractivity contribution in [3.63, 3.8) is 0 Å². The zero-order chi connectivity index (χ0) is 15.9. The summed E-state index contributed by atoms with van der Waals surface area (Å²) in [6, 6.07) is 10.3. The maximum Gasteiger partial charge on any atom is 0.224 e. The lowest BCUT2D eigenvalue weighted by atomic mass is 10.1. The molecule has 2 aromatic rings. The Bertz CT molecular complexity index is 702. The number of allylic oxidation sites excluding steroid dienone is 2. The standard InChI is InChI=1S/C19H24N2O/c1-12(2)9-15-17(19(15,3)4)18(22)20-11-14-10-13-7-5-6-8-16(13)21-14/h5-10,15,17,21H,11H2,1-4H3,(H,20,22)/t15-,17-/m1/s1. The Hall–Kier alpha value is -2.03. The number of hydrogen-bond acceptors (Lipinski definition) is 1. The Morgan fingerprint density at radius 2 is 2.05 bits per heavy atom. The van der Waals surface area contributed by atoms with Gasteiger partial charge in [-0.25, -0.2) is 0 Å². The molecule has 1 saturated carbocycles. The summed E-state index contributed by atoms with van der Waals surface area (Å²) in [6.45, 7) is 9.08. The number of para-hydroxylation sites is 1. The van der Waals surface area contributed by atoms with Gasteiger partial charge in [0, 0.05) is 11.2 Å². The molecular weight excluding hydrogens is 272 g/mol. The molecule has 22 heavy (non-hydrogen) atoms. The Labute approximate surface area is 131 Å². The average molecular weight is 296 g/mol. The van der Waals surface area contributed by atoms with Gasteiger partial charge in [0.25, 0.3) is 0 Å². The van der Waals surface area contributed by atoms with Crippen LogP contribution in [0.1, 0.15) is 33.4 Å². The highest BCUT2D eigenvalue weighted by molar-refractivity contribution is 5.84. The van der Waals surface area contributed by atoms with Gasteiger partial charge in [-0.2, -0.15) is 0 Å². The lowest BCUT2D eigenvalue weighted by Crippen LogP contribution is -2.26. The fourth-order valence-electron chi connectivity index (χ4n) is 3.37. The number of fused-ring (bicyclic) bond motifs is 1. The lowest BCUT2D eigenvalue weighted by molar-refractivity contribution is -0.123. The van der Waals surface area contributed by atoms with E-state index < -0.39 is 0 Å². The van der Waals surface area contributed by atoms with Crippen molar-refractivity contribution >= 4 is 16.8 Å². The van der Waals surface area contributed by atoms with Crippen molar-refractivity contribution in [3.8, 4) is 0 Å². The molecule has 0 saturated heterocycles. The molecule has 0 aliphatic heterocycles. The summed E-state index contributed by atoms with van der Waals surface area (Å²) >= 11 is 0. The van der Waals surface area contributed by atoms with Crippen LogP contribution in [-0.4, -0.2) is 10.9 Å². The number of H-pyrrole nitrogens is 1. The van der Waals surface area contributed by atoms with Gasteiger partial charge in [-0.3, -0.25) is 4.79 Å². The van der Waals surface area contributed by atoms with Crippen LogP contribution in [0.5, 0.6) is 0 Å². The molecule has 1 heterocycles. The number of nitrogens with one attached hydrogen (secondary N) is 2. The highest BCUT2D eigenvalue weighted by Gasteiger charge is 2.60. The Kier molecular flexibility index (Phi) is 3.59. The second kappa shape index (κ2) is 5.31. The first-order valence-electron chi connectivity index (χ1n) is 7.89. The molecule has 0 spiro atoms. The van der Waals surface area contributed by atoms with E-state index >= 15 is 0 Å². The first kappa shape index (κ1) is 14.9. The number of rotatable bonds is 4. The molecule has 0 radical (unpaired) electrons. The minimum Gasteiger partial charge on any atom is -0.357 e. The van der Waals surface area contributed by atoms with Gasteiger partial charge in [0.1, 0.15) is 0 Å². The van der Waals surface area contributed by atoms with Gasteiger partial charge in [0.2, 0.25) is 5.91 Å². The van der Waals surface area contributed by atoms with E-state index in [0.29, 0.717) is 12.5 Å². The van der Waals surface area contributed by atoms with Gasteiger partial charge in [0.15, 0.2) is 0 Å². The fraction of sp³-hybridized carbons (Fsp3) is 0.421. The first-order valence-corrected chi connectivity index (χ1v) is 7.89. The van der Waals surface area contributed by atoms with Gasteiger partial charge in [0.05, 0.1) is 12.5 Å². The minimum absolute atomic E-state index is 0.0712. The van der Waals surface area contributed by atoms with E-state index in [1.54, 1.807) is 0 Å². The predicted octanol–water partition coefficient (Wildman–Crippen LogP) is 4.02. The zero-order valence-electron chi connectivity index (χ0n) is 13.7. The van der Waals surface area contributed by atoms with Crippen molar-refractivity contribution in [2.45, 2.75) is 34.2 Å². The summed E-state index contributed by atoms with van der Waals surface area (Å²) in [5, 5.41) is 4.26. The van der Waals surface area contributed by atoms with Crippen molar-refractivity contribution in [3.05, 3.63) is 47.7 Å². The van der Waals surface area contributed by atoms with Gasteiger partial charge in [-0.05, 0) is 42.7 Å². The molecule has 2 N–H and O–H groups in total. The normalized spacial score (nSPS) is 22.4. The number of carbonyl (C=O) groups excluding carboxylic acids is 1. The van der Waals surface area contributed by atoms with Crippen LogP contribution in [0.3, 0.4) is 0 Å². The van der Waals surface area contributed by atoms with Crippen LogP contribution >= 0.6 is 0 Å². The highest BCUT2D eigenvalue weighted by Crippen LogP contribution is 2.59. The van der Waals surface area contributed by atoms with Crippen molar-refractivity contribution in [2.75, 3.05) is 0 Å². The van der Waals surface area contributed by atoms with Gasteiger partial charge < -0.3 is 10.3 Å². The molecule has 3 rings (SSSR count). The van der Waals surface area contributed by atoms with E-state index in [0.717, 1.165) is 11.2 Å². The number of hydrogen-bond donors (Lipinski definition) is 2. The van der Waals surface area contributed by atoms with Crippen LogP contribution in [0.4, 0.5) is 0 Å². The second-order valence-electron chi connectivity index (χ2n) is 7.17. The average Bonchev–Trinajstić information content (AvgIpc) is 2.83. The topological polar surface area (TPSA) is 44.9 Å². The largest absolute Gasteiger partial charge is 0.357 e. The SMILES string of the molecule is CC(C)=C[C@@H]1[C@H](C(=O)NCc2cc3ccccc3[nH]2)C1(C)C. The maximum absolute atomic E-state index is 12.4. The molecular formula is C19H24N2O. The van der Waals surface area contributed by atoms with Crippen molar-refractivity contribution in [1.82, 2.24) is 10.3 Å². The van der Waals surface area contributed by atoms with Crippen LogP contribution < -0.4 is 5.32 Å². The van der Waals surface area contributed by atoms with Gasteiger partial charge >= 0.3 is 0 Å². The van der Waals surface area contributed by atoms with E-state index in [1.165, 1.54) is 11.0 Å². The molecule has 2 atom stereocenters. The van der Waals surface area contributed by atoms with E-state index in [2.05, 4.69) is 62.3 Å². The zero-order valence-corrected chi connectivity index (χ0v) is 13.7. The Morgan fingerprint density at radius 1 is 1.32 bits per heavy atom. The molecule has 1 fully saturated rings. The van der Waals surface area contributed by atoms with E-state index in [-0.39, 0.29) is 17.2 Å². The first-order chi connectivity index (χ1) is 10.4. The molecule has 1 aliphatic rings. The summed E-state index contributed by atoms with van der Waals surface area (Å²) in [4.78, 5) is 15.8. The highest BCUT2D eigenvalue weighted by atomic mass is 16.2. The van der Waals surface area contributed by atoms with Crippen molar-refractivity contribution in [2.24, 2.45) is 17.3 Å². The van der Waals surface area contributed by atoms with Crippen LogP contribution in [0, 0.1) is 17.3 Å². The lowest BCUT2D eigenvalue weighted by Gasteiger charge is -2.04. The van der Waals surface area contributed by atoms with Crippen LogP contribution in [0.2, 0.25) is 0 Å². The molecule has 0 unspecified atom stereocenters. The summed E-state index contributed by atoms with van der Waals surface area (Å²) < 4.78 is 0. The minimum atomic E-state index is 0.0712. The van der Waals surface area contributed by atoms with Crippen LogP contribution in [0.25, 0.3) is 10.9 Å². The third-order valence-corrected chi connectivity index (χ3v) is 4.74. The molecule has 0 bridgehead atoms. The number of benzene rings is 1. The smallest absolute Gasteiger partial charge is 0.224 e. The van der Waals surface area contributed by atoms with Crippen molar-refractivity contribution < 1.29 is 4.79 Å². The Balaban J connectivity index is 1.64. The Morgan fingerprint density at radius 3 is 2.73 bits per heavy atom. The van der Waals surface area contributed by atoms with E-state index in [1.807, 2.05) is 12.1 Å². The second-order valence-corrected chi connectivity index (χ2v) is 7.17. The number of aromatic amines is 1. The van der Waals surface area contributed by atoms with Crippen molar-refractivity contribution in [1.29, 1.82) is 0 Å².